The van der Waals surface area contributed by atoms with Crippen LogP contribution in [0.2, 0.25) is 0 Å². The minimum Gasteiger partial charge on any atom is -0.504 e. The van der Waals surface area contributed by atoms with Crippen molar-refractivity contribution in [2.45, 2.75) is 0 Å². The standard InChI is InChI=1S/C13H8O5/c14-8-5-9-10(12(16)11(8)15)6-3-1-2-4-7(6)13(17)18-9/h1-5,14-16H. The fourth-order valence-corrected chi connectivity index (χ4v) is 2.00. The highest BCUT2D eigenvalue weighted by atomic mass is 16.4. The Morgan fingerprint density at radius 3 is 2.33 bits per heavy atom. The Morgan fingerprint density at radius 1 is 0.944 bits per heavy atom. The summed E-state index contributed by atoms with van der Waals surface area (Å²) in [5.74, 6) is -1.69. The molecule has 5 heteroatoms. The van der Waals surface area contributed by atoms with E-state index in [0.717, 1.165) is 6.07 Å². The quantitative estimate of drug-likeness (QED) is 0.320. The SMILES string of the molecule is O=c1oc2cc(O)c(O)c(O)c2c2ccccc12. The summed E-state index contributed by atoms with van der Waals surface area (Å²) in [4.78, 5) is 11.7. The summed E-state index contributed by atoms with van der Waals surface area (Å²) in [7, 11) is 0. The van der Waals surface area contributed by atoms with Crippen LogP contribution in [-0.4, -0.2) is 15.3 Å². The highest BCUT2D eigenvalue weighted by molar-refractivity contribution is 6.08. The molecule has 0 spiro atoms. The lowest BCUT2D eigenvalue weighted by molar-refractivity contribution is 0.370. The van der Waals surface area contributed by atoms with Crippen molar-refractivity contribution < 1.29 is 19.7 Å². The fraction of sp³-hybridized carbons (Fsp3) is 0. The van der Waals surface area contributed by atoms with Crippen molar-refractivity contribution in [1.82, 2.24) is 0 Å². The third kappa shape index (κ3) is 1.24. The van der Waals surface area contributed by atoms with Crippen molar-refractivity contribution in [3.05, 3.63) is 40.8 Å². The smallest absolute Gasteiger partial charge is 0.344 e. The molecule has 3 rings (SSSR count). The number of phenols is 3. The first-order valence-corrected chi connectivity index (χ1v) is 5.19. The number of aromatic hydroxyl groups is 3. The summed E-state index contributed by atoms with van der Waals surface area (Å²) in [5, 5.41) is 29.7. The Labute approximate surface area is 100 Å². The Bertz CT molecular complexity index is 832. The molecule has 0 fully saturated rings. The van der Waals surface area contributed by atoms with Crippen LogP contribution in [0.15, 0.2) is 39.5 Å². The Morgan fingerprint density at radius 2 is 1.61 bits per heavy atom. The van der Waals surface area contributed by atoms with Gasteiger partial charge in [-0.2, -0.15) is 0 Å². The van der Waals surface area contributed by atoms with Gasteiger partial charge in [0.25, 0.3) is 0 Å². The van der Waals surface area contributed by atoms with Crippen LogP contribution in [0, 0.1) is 0 Å². The minimum absolute atomic E-state index is 0.0199. The van der Waals surface area contributed by atoms with E-state index in [-0.39, 0.29) is 11.0 Å². The molecule has 1 heterocycles. The Balaban J connectivity index is 2.70. The molecule has 90 valence electrons. The Hall–Kier alpha value is -2.69. The van der Waals surface area contributed by atoms with Crippen LogP contribution in [0.3, 0.4) is 0 Å². The summed E-state index contributed by atoms with van der Waals surface area (Å²) in [6, 6.07) is 7.65. The van der Waals surface area contributed by atoms with E-state index in [1.54, 1.807) is 24.3 Å². The van der Waals surface area contributed by atoms with Gasteiger partial charge in [0.05, 0.1) is 10.8 Å². The van der Waals surface area contributed by atoms with E-state index in [1.807, 2.05) is 0 Å². The molecular weight excluding hydrogens is 236 g/mol. The normalized spacial score (nSPS) is 11.1. The summed E-state index contributed by atoms with van der Waals surface area (Å²) in [5.41, 5.74) is -0.547. The van der Waals surface area contributed by atoms with E-state index in [0.29, 0.717) is 10.8 Å². The highest BCUT2D eigenvalue weighted by Crippen LogP contribution is 2.42. The van der Waals surface area contributed by atoms with Gasteiger partial charge in [0.2, 0.25) is 5.75 Å². The van der Waals surface area contributed by atoms with E-state index in [1.165, 1.54) is 0 Å². The van der Waals surface area contributed by atoms with Crippen LogP contribution in [-0.2, 0) is 0 Å². The highest BCUT2D eigenvalue weighted by Gasteiger charge is 2.16. The first kappa shape index (κ1) is 10.5. The average Bonchev–Trinajstić information content (AvgIpc) is 2.36. The maximum atomic E-state index is 11.7. The van der Waals surface area contributed by atoms with Gasteiger partial charge in [0.1, 0.15) is 5.58 Å². The van der Waals surface area contributed by atoms with E-state index < -0.39 is 22.9 Å². The zero-order valence-corrected chi connectivity index (χ0v) is 9.04. The molecule has 0 radical (unpaired) electrons. The molecule has 1 aromatic heterocycles. The van der Waals surface area contributed by atoms with Gasteiger partial charge >= 0.3 is 5.63 Å². The van der Waals surface area contributed by atoms with Gasteiger partial charge in [-0.25, -0.2) is 4.79 Å². The van der Waals surface area contributed by atoms with E-state index in [2.05, 4.69) is 0 Å². The molecular formula is C13H8O5. The van der Waals surface area contributed by atoms with Crippen molar-refractivity contribution in [2.24, 2.45) is 0 Å². The maximum absolute atomic E-state index is 11.7. The molecule has 0 aliphatic carbocycles. The maximum Gasteiger partial charge on any atom is 0.344 e. The van der Waals surface area contributed by atoms with Crippen molar-refractivity contribution >= 4 is 21.7 Å². The summed E-state index contributed by atoms with van der Waals surface area (Å²) < 4.78 is 5.00. The molecule has 0 saturated carbocycles. The number of fused-ring (bicyclic) bond motifs is 3. The second-order valence-electron chi connectivity index (χ2n) is 3.90. The van der Waals surface area contributed by atoms with Crippen LogP contribution in [0.5, 0.6) is 17.2 Å². The largest absolute Gasteiger partial charge is 0.504 e. The third-order valence-electron chi connectivity index (χ3n) is 2.84. The molecule has 0 aliphatic rings. The molecule has 0 amide bonds. The van der Waals surface area contributed by atoms with Crippen LogP contribution >= 0.6 is 0 Å². The lowest BCUT2D eigenvalue weighted by Gasteiger charge is -2.07. The lowest BCUT2D eigenvalue weighted by Crippen LogP contribution is -1.99. The molecule has 5 nitrogen and oxygen atoms in total. The van der Waals surface area contributed by atoms with Crippen LogP contribution in [0.25, 0.3) is 21.7 Å². The van der Waals surface area contributed by atoms with Gasteiger partial charge in [0.15, 0.2) is 11.5 Å². The lowest BCUT2D eigenvalue weighted by atomic mass is 10.1. The number of benzene rings is 2. The fourth-order valence-electron chi connectivity index (χ4n) is 2.00. The third-order valence-corrected chi connectivity index (χ3v) is 2.84. The molecule has 2 aromatic carbocycles. The molecule has 3 aromatic rings. The van der Waals surface area contributed by atoms with E-state index >= 15 is 0 Å². The predicted octanol–water partition coefficient (Wildman–Crippen LogP) is 2.06. The van der Waals surface area contributed by atoms with Gasteiger partial charge in [-0.3, -0.25) is 0 Å². The molecule has 0 saturated heterocycles. The predicted molar refractivity (Wildman–Crippen MR) is 65.0 cm³/mol. The van der Waals surface area contributed by atoms with Gasteiger partial charge in [-0.05, 0) is 6.07 Å². The zero-order chi connectivity index (χ0) is 12.9. The van der Waals surface area contributed by atoms with Gasteiger partial charge < -0.3 is 19.7 Å². The van der Waals surface area contributed by atoms with Crippen molar-refractivity contribution in [3.8, 4) is 17.2 Å². The number of phenolic OH excluding ortho intramolecular Hbond substituents is 3. The molecule has 0 unspecified atom stereocenters. The Kier molecular flexibility index (Phi) is 1.98. The number of hydrogen-bond acceptors (Lipinski definition) is 5. The van der Waals surface area contributed by atoms with E-state index in [4.69, 9.17) is 4.42 Å². The topological polar surface area (TPSA) is 90.9 Å². The molecule has 0 aliphatic heterocycles. The second-order valence-corrected chi connectivity index (χ2v) is 3.90. The van der Waals surface area contributed by atoms with Crippen LogP contribution < -0.4 is 5.63 Å². The van der Waals surface area contributed by atoms with Crippen LogP contribution in [0.4, 0.5) is 0 Å². The van der Waals surface area contributed by atoms with Gasteiger partial charge in [-0.15, -0.1) is 0 Å². The first-order valence-electron chi connectivity index (χ1n) is 5.19. The van der Waals surface area contributed by atoms with Gasteiger partial charge in [-0.1, -0.05) is 18.2 Å². The number of rotatable bonds is 0. The number of hydrogen-bond donors (Lipinski definition) is 3. The molecule has 18 heavy (non-hydrogen) atoms. The molecule has 0 atom stereocenters. The van der Waals surface area contributed by atoms with Crippen LogP contribution in [0.1, 0.15) is 0 Å². The van der Waals surface area contributed by atoms with Crippen molar-refractivity contribution in [2.75, 3.05) is 0 Å². The minimum atomic E-state index is -0.637. The van der Waals surface area contributed by atoms with Gasteiger partial charge in [0, 0.05) is 11.5 Å². The molecule has 3 N–H and O–H groups in total. The van der Waals surface area contributed by atoms with E-state index in [9.17, 15) is 20.1 Å². The summed E-state index contributed by atoms with van der Waals surface area (Å²) in [6.07, 6.45) is 0. The zero-order valence-electron chi connectivity index (χ0n) is 9.04. The monoisotopic (exact) mass is 244 g/mol. The average molecular weight is 244 g/mol. The van der Waals surface area contributed by atoms with Crippen molar-refractivity contribution in [3.63, 3.8) is 0 Å². The van der Waals surface area contributed by atoms with Crippen molar-refractivity contribution in [1.29, 1.82) is 0 Å². The first-order chi connectivity index (χ1) is 8.59. The summed E-state index contributed by atoms with van der Waals surface area (Å²) >= 11 is 0. The summed E-state index contributed by atoms with van der Waals surface area (Å²) in [6.45, 7) is 0. The second kappa shape index (κ2) is 3.40. The molecule has 0 bridgehead atoms.